The number of fused-ring (bicyclic) bond motifs is 1. The average Bonchev–Trinajstić information content (AvgIpc) is 2.85. The molecule has 2 aromatic carbocycles. The Bertz CT molecular complexity index is 1510. The zero-order valence-corrected chi connectivity index (χ0v) is 19.8. The molecule has 0 spiro atoms. The molecule has 0 amide bonds. The van der Waals surface area contributed by atoms with E-state index in [2.05, 4.69) is 9.71 Å². The number of carbonyl (C=O) groups is 1. The molecule has 7 nitrogen and oxygen atoms in total. The number of aromatic nitrogens is 2. The lowest BCUT2D eigenvalue weighted by molar-refractivity contribution is 0.107. The normalized spacial score (nSPS) is 11.5. The first kappa shape index (κ1) is 23.4. The van der Waals surface area contributed by atoms with E-state index in [1.54, 1.807) is 47.0 Å². The number of nitrogens with zero attached hydrogens (tertiary/aromatic N) is 2. The summed E-state index contributed by atoms with van der Waals surface area (Å²) in [5, 5.41) is -0.0827. The third-order valence-electron chi connectivity index (χ3n) is 5.62. The van der Waals surface area contributed by atoms with Crippen molar-refractivity contribution >= 4 is 31.7 Å². The summed E-state index contributed by atoms with van der Waals surface area (Å²) in [7, 11) is -4.24. The summed E-state index contributed by atoms with van der Waals surface area (Å²) in [6, 6.07) is 19.8. The fourth-order valence-corrected chi connectivity index (χ4v) is 4.81. The molecule has 0 atom stereocenters. The lowest BCUT2D eigenvalue weighted by Gasteiger charge is -2.14. The zero-order chi connectivity index (χ0) is 24.3. The highest BCUT2D eigenvalue weighted by atomic mass is 32.2. The minimum absolute atomic E-state index is 0.0446. The lowest BCUT2D eigenvalue weighted by atomic mass is 10.1. The molecule has 8 heteroatoms. The summed E-state index contributed by atoms with van der Waals surface area (Å²) in [6.45, 7) is 4.35. The number of sulfonamides is 1. The second kappa shape index (κ2) is 9.61. The van der Waals surface area contributed by atoms with Gasteiger partial charge in [0.2, 0.25) is 0 Å². The number of hydrogen-bond acceptors (Lipinski definition) is 5. The molecule has 0 fully saturated rings. The predicted molar refractivity (Wildman–Crippen MR) is 134 cm³/mol. The van der Waals surface area contributed by atoms with Crippen molar-refractivity contribution in [1.29, 1.82) is 0 Å². The van der Waals surface area contributed by atoms with Crippen molar-refractivity contribution in [1.82, 2.24) is 9.55 Å². The Morgan fingerprint density at radius 3 is 2.29 bits per heavy atom. The number of aryl methyl sites for hydroxylation is 2. The first-order valence-corrected chi connectivity index (χ1v) is 12.5. The fraction of sp³-hybridized carbons (Fsp3) is 0.192. The van der Waals surface area contributed by atoms with Gasteiger partial charge in [0.25, 0.3) is 10.7 Å². The maximum absolute atomic E-state index is 12.7. The molecule has 4 rings (SSSR count). The molecular weight excluding hydrogens is 450 g/mol. The van der Waals surface area contributed by atoms with E-state index in [4.69, 9.17) is 0 Å². The van der Waals surface area contributed by atoms with E-state index in [0.29, 0.717) is 5.69 Å². The largest absolute Gasteiger partial charge is 0.304 e. The molecule has 174 valence electrons. The molecule has 34 heavy (non-hydrogen) atoms. The Morgan fingerprint density at radius 2 is 1.65 bits per heavy atom. The molecule has 0 saturated carbocycles. The van der Waals surface area contributed by atoms with E-state index in [-0.39, 0.29) is 17.7 Å². The van der Waals surface area contributed by atoms with Gasteiger partial charge in [0.15, 0.2) is 0 Å². The van der Waals surface area contributed by atoms with Gasteiger partial charge < -0.3 is 4.57 Å². The van der Waals surface area contributed by atoms with E-state index < -0.39 is 15.1 Å². The van der Waals surface area contributed by atoms with Crippen molar-refractivity contribution in [2.24, 2.45) is 0 Å². The first-order chi connectivity index (χ1) is 16.3. The van der Waals surface area contributed by atoms with Gasteiger partial charge >= 0.3 is 10.0 Å². The highest BCUT2D eigenvalue weighted by Gasteiger charge is 2.24. The van der Waals surface area contributed by atoms with Crippen molar-refractivity contribution in [2.45, 2.75) is 33.2 Å². The van der Waals surface area contributed by atoms with Gasteiger partial charge in [0, 0.05) is 34.1 Å². The van der Waals surface area contributed by atoms with Gasteiger partial charge in [-0.15, -0.1) is 0 Å². The van der Waals surface area contributed by atoms with E-state index >= 15 is 0 Å². The third kappa shape index (κ3) is 4.77. The maximum atomic E-state index is 12.7. The number of anilines is 1. The SMILES string of the molecule is CCc1cc2c(ccc(=O)n2Cc2ccc(C(=O)S(=O)(=O)Nc3ccccc3)cc2)c(CC)n1. The van der Waals surface area contributed by atoms with Crippen molar-refractivity contribution in [2.75, 3.05) is 4.72 Å². The first-order valence-electron chi connectivity index (χ1n) is 11.1. The van der Waals surface area contributed by atoms with Crippen LogP contribution in [0.5, 0.6) is 0 Å². The fourth-order valence-electron chi connectivity index (χ4n) is 3.82. The van der Waals surface area contributed by atoms with Crippen LogP contribution in [0.4, 0.5) is 5.69 Å². The van der Waals surface area contributed by atoms with E-state index in [9.17, 15) is 18.0 Å². The zero-order valence-electron chi connectivity index (χ0n) is 19.0. The van der Waals surface area contributed by atoms with Crippen molar-refractivity contribution in [3.05, 3.63) is 106 Å². The van der Waals surface area contributed by atoms with Crippen LogP contribution < -0.4 is 10.3 Å². The Hall–Kier alpha value is -3.78. The molecule has 0 aliphatic heterocycles. The van der Waals surface area contributed by atoms with Gasteiger partial charge in [0.05, 0.1) is 12.1 Å². The van der Waals surface area contributed by atoms with Gasteiger partial charge in [-0.25, -0.2) is 0 Å². The molecule has 2 aromatic heterocycles. The summed E-state index contributed by atoms with van der Waals surface area (Å²) in [5.41, 5.74) is 3.66. The lowest BCUT2D eigenvalue weighted by Crippen LogP contribution is -2.23. The van der Waals surface area contributed by atoms with E-state index in [0.717, 1.165) is 40.7 Å². The van der Waals surface area contributed by atoms with E-state index in [1.807, 2.05) is 26.0 Å². The third-order valence-corrected chi connectivity index (χ3v) is 6.84. The molecule has 0 radical (unpaired) electrons. The Labute approximate surface area is 198 Å². The highest BCUT2D eigenvalue weighted by molar-refractivity contribution is 8.07. The summed E-state index contributed by atoms with van der Waals surface area (Å²) < 4.78 is 28.9. The molecule has 0 aliphatic carbocycles. The highest BCUT2D eigenvalue weighted by Crippen LogP contribution is 2.20. The predicted octanol–water partition coefficient (Wildman–Crippen LogP) is 4.15. The quantitative estimate of drug-likeness (QED) is 0.433. The summed E-state index contributed by atoms with van der Waals surface area (Å²) in [6.07, 6.45) is 1.51. The second-order valence-corrected chi connectivity index (χ2v) is 9.50. The number of para-hydroxylation sites is 1. The topological polar surface area (TPSA) is 98.1 Å². The Morgan fingerprint density at radius 1 is 0.941 bits per heavy atom. The van der Waals surface area contributed by atoms with Crippen LogP contribution in [0.25, 0.3) is 10.9 Å². The standard InChI is InChI=1S/C26H25N3O4S/c1-3-20-16-24-22(23(4-2)27-20)14-15-25(30)29(24)17-18-10-12-19(13-11-18)26(31)34(32,33)28-21-8-6-5-7-9-21/h5-16,28H,3-4,17H2,1-2H3. The van der Waals surface area contributed by atoms with Crippen LogP contribution in [0.15, 0.2) is 77.6 Å². The minimum Gasteiger partial charge on any atom is -0.304 e. The number of pyridine rings is 2. The van der Waals surface area contributed by atoms with Crippen LogP contribution >= 0.6 is 0 Å². The van der Waals surface area contributed by atoms with Gasteiger partial charge in [0.1, 0.15) is 0 Å². The Balaban J connectivity index is 1.63. The van der Waals surface area contributed by atoms with Gasteiger partial charge in [-0.2, -0.15) is 8.42 Å². The van der Waals surface area contributed by atoms with Crippen LogP contribution in [0.1, 0.15) is 41.2 Å². The maximum Gasteiger partial charge on any atom is 0.300 e. The van der Waals surface area contributed by atoms with Crippen LogP contribution in [0, 0.1) is 0 Å². The second-order valence-electron chi connectivity index (χ2n) is 7.91. The number of nitrogens with one attached hydrogen (secondary N) is 1. The molecule has 2 heterocycles. The molecule has 1 N–H and O–H groups in total. The van der Waals surface area contributed by atoms with Crippen LogP contribution in [-0.4, -0.2) is 23.1 Å². The minimum atomic E-state index is -4.24. The number of benzene rings is 2. The molecule has 4 aromatic rings. The van der Waals surface area contributed by atoms with Crippen molar-refractivity contribution in [3.8, 4) is 0 Å². The molecule has 0 saturated heterocycles. The molecule has 0 aliphatic rings. The number of hydrogen-bond donors (Lipinski definition) is 1. The summed E-state index contributed by atoms with van der Waals surface area (Å²) >= 11 is 0. The van der Waals surface area contributed by atoms with E-state index in [1.165, 1.54) is 18.2 Å². The summed E-state index contributed by atoms with van der Waals surface area (Å²) in [4.78, 5) is 30.0. The number of rotatable bonds is 7. The molecule has 0 bridgehead atoms. The molecular formula is C26H25N3O4S. The van der Waals surface area contributed by atoms with Crippen LogP contribution in [0.3, 0.4) is 0 Å². The average molecular weight is 476 g/mol. The van der Waals surface area contributed by atoms with Gasteiger partial charge in [-0.3, -0.25) is 19.3 Å². The van der Waals surface area contributed by atoms with Crippen LogP contribution in [-0.2, 0) is 29.4 Å². The number of carbonyl (C=O) groups excluding carboxylic acids is 1. The van der Waals surface area contributed by atoms with Crippen molar-refractivity contribution in [3.63, 3.8) is 0 Å². The smallest absolute Gasteiger partial charge is 0.300 e. The van der Waals surface area contributed by atoms with Gasteiger partial charge in [-0.1, -0.05) is 44.2 Å². The summed E-state index contributed by atoms with van der Waals surface area (Å²) in [5.74, 6) is 0. The molecule has 0 unspecified atom stereocenters. The Kier molecular flexibility index (Phi) is 6.61. The van der Waals surface area contributed by atoms with Crippen LogP contribution in [0.2, 0.25) is 0 Å². The van der Waals surface area contributed by atoms with Gasteiger partial charge in [-0.05, 0) is 54.8 Å². The monoisotopic (exact) mass is 475 g/mol. The van der Waals surface area contributed by atoms with Crippen molar-refractivity contribution < 1.29 is 13.2 Å².